The molecule has 1 aromatic heterocycles. The van der Waals surface area contributed by atoms with Gasteiger partial charge in [0.05, 0.1) is 6.26 Å². The highest BCUT2D eigenvalue weighted by molar-refractivity contribution is 5.88. The van der Waals surface area contributed by atoms with E-state index in [1.165, 1.54) is 0 Å². The second kappa shape index (κ2) is 9.12. The van der Waals surface area contributed by atoms with Gasteiger partial charge in [-0.2, -0.15) is 0 Å². The van der Waals surface area contributed by atoms with E-state index in [9.17, 15) is 19.5 Å². The number of hydrogen-bond donors (Lipinski definition) is 1. The number of ether oxygens (including phenoxy) is 2. The van der Waals surface area contributed by atoms with Crippen molar-refractivity contribution in [2.75, 3.05) is 0 Å². The smallest absolute Gasteiger partial charge is 0.333 e. The van der Waals surface area contributed by atoms with Crippen LogP contribution in [0.4, 0.5) is 0 Å². The van der Waals surface area contributed by atoms with Gasteiger partial charge in [0, 0.05) is 29.4 Å². The first-order chi connectivity index (χ1) is 15.0. The molecule has 176 valence electrons. The number of hydrogen-bond acceptors (Lipinski definition) is 6. The minimum atomic E-state index is -1.05. The van der Waals surface area contributed by atoms with Crippen molar-refractivity contribution in [1.29, 1.82) is 0 Å². The Morgan fingerprint density at radius 2 is 1.97 bits per heavy atom. The highest BCUT2D eigenvalue weighted by Crippen LogP contribution is 2.60. The standard InChI is InChI=1S/C25H34O7/c1-7-14(4)24(29)31-17-9-8-16-11-18-20(15(5)12-30-18)22(32-19(26)10-13(2)3)25(16,6)21(17)23(27)28/h7,12-13,16-17,21-22H,8-11H2,1-6H3,(H,27,28)/b14-7-/t16-,17+,21-,22-,25+/m1/s1. The molecule has 7 heteroatoms. The van der Waals surface area contributed by atoms with Gasteiger partial charge in [-0.05, 0) is 51.0 Å². The van der Waals surface area contributed by atoms with Gasteiger partial charge in [-0.25, -0.2) is 4.79 Å². The number of furan rings is 1. The van der Waals surface area contributed by atoms with Gasteiger partial charge in [0.1, 0.15) is 23.9 Å². The summed E-state index contributed by atoms with van der Waals surface area (Å²) in [5, 5.41) is 10.3. The first-order valence-corrected chi connectivity index (χ1v) is 11.3. The Balaban J connectivity index is 2.06. The number of carboxylic acids is 1. The highest BCUT2D eigenvalue weighted by Gasteiger charge is 2.62. The Hall–Kier alpha value is -2.57. The minimum absolute atomic E-state index is 0.0868. The third-order valence-corrected chi connectivity index (χ3v) is 7.19. The van der Waals surface area contributed by atoms with Crippen LogP contribution in [0.5, 0.6) is 0 Å². The van der Waals surface area contributed by atoms with Crippen LogP contribution in [0, 0.1) is 30.1 Å². The number of carbonyl (C=O) groups is 3. The number of aryl methyl sites for hydroxylation is 1. The second-order valence-corrected chi connectivity index (χ2v) is 9.80. The van der Waals surface area contributed by atoms with Gasteiger partial charge in [-0.1, -0.05) is 26.8 Å². The lowest BCUT2D eigenvalue weighted by atomic mass is 9.53. The van der Waals surface area contributed by atoms with Crippen molar-refractivity contribution in [3.63, 3.8) is 0 Å². The van der Waals surface area contributed by atoms with Crippen LogP contribution in [-0.2, 0) is 30.3 Å². The van der Waals surface area contributed by atoms with Gasteiger partial charge in [-0.3, -0.25) is 9.59 Å². The Kier molecular flexibility index (Phi) is 6.86. The maximum absolute atomic E-state index is 12.8. The molecule has 1 saturated carbocycles. The van der Waals surface area contributed by atoms with E-state index in [4.69, 9.17) is 13.9 Å². The molecule has 0 aromatic carbocycles. The van der Waals surface area contributed by atoms with Crippen LogP contribution in [0.3, 0.4) is 0 Å². The molecule has 0 spiro atoms. The van der Waals surface area contributed by atoms with Gasteiger partial charge in [0.2, 0.25) is 0 Å². The molecule has 1 fully saturated rings. The fourth-order valence-electron chi connectivity index (χ4n) is 5.35. The molecule has 5 atom stereocenters. The predicted molar refractivity (Wildman–Crippen MR) is 117 cm³/mol. The van der Waals surface area contributed by atoms with E-state index in [-0.39, 0.29) is 24.2 Å². The number of allylic oxidation sites excluding steroid dienone is 1. The number of fused-ring (bicyclic) bond motifs is 2. The van der Waals surface area contributed by atoms with E-state index in [1.807, 2.05) is 27.7 Å². The number of esters is 2. The van der Waals surface area contributed by atoms with Gasteiger partial charge < -0.3 is 19.0 Å². The fourth-order valence-corrected chi connectivity index (χ4v) is 5.35. The third-order valence-electron chi connectivity index (χ3n) is 7.19. The van der Waals surface area contributed by atoms with Gasteiger partial charge in [-0.15, -0.1) is 0 Å². The van der Waals surface area contributed by atoms with E-state index in [0.717, 1.165) is 16.9 Å². The fraction of sp³-hybridized carbons (Fsp3) is 0.640. The lowest BCUT2D eigenvalue weighted by molar-refractivity contribution is -0.198. The SMILES string of the molecule is C/C=C(/C)C(=O)O[C@H]1CC[C@@H]2Cc3occ(C)c3[C@@H](OC(=O)CC(C)C)[C@]2(C)[C@H]1C(=O)O. The molecule has 0 bridgehead atoms. The molecule has 32 heavy (non-hydrogen) atoms. The van der Waals surface area contributed by atoms with E-state index in [1.54, 1.807) is 26.2 Å². The van der Waals surface area contributed by atoms with Crippen LogP contribution in [0.2, 0.25) is 0 Å². The lowest BCUT2D eigenvalue weighted by Gasteiger charge is -2.53. The Bertz CT molecular complexity index is 925. The van der Waals surface area contributed by atoms with Crippen LogP contribution in [0.15, 0.2) is 22.3 Å². The summed E-state index contributed by atoms with van der Waals surface area (Å²) in [5.41, 5.74) is 1.06. The maximum atomic E-state index is 12.8. The van der Waals surface area contributed by atoms with Crippen LogP contribution >= 0.6 is 0 Å². The molecule has 3 rings (SSSR count). The summed E-state index contributed by atoms with van der Waals surface area (Å²) in [5.74, 6) is -2.19. The lowest BCUT2D eigenvalue weighted by Crippen LogP contribution is -2.56. The van der Waals surface area contributed by atoms with Crippen LogP contribution in [0.1, 0.15) is 76.9 Å². The van der Waals surface area contributed by atoms with Crippen molar-refractivity contribution < 1.29 is 33.4 Å². The average molecular weight is 447 g/mol. The molecule has 0 saturated heterocycles. The predicted octanol–water partition coefficient (Wildman–Crippen LogP) is 4.77. The second-order valence-electron chi connectivity index (χ2n) is 9.80. The van der Waals surface area contributed by atoms with Gasteiger partial charge in [0.25, 0.3) is 0 Å². The Morgan fingerprint density at radius 1 is 1.28 bits per heavy atom. The molecule has 0 aliphatic heterocycles. The van der Waals surface area contributed by atoms with E-state index in [2.05, 4.69) is 0 Å². The minimum Gasteiger partial charge on any atom is -0.481 e. The topological polar surface area (TPSA) is 103 Å². The zero-order valence-corrected chi connectivity index (χ0v) is 19.8. The molecule has 1 heterocycles. The van der Waals surface area contributed by atoms with Gasteiger partial charge >= 0.3 is 17.9 Å². The molecule has 1 aromatic rings. The van der Waals surface area contributed by atoms with E-state index >= 15 is 0 Å². The summed E-state index contributed by atoms with van der Waals surface area (Å²) in [6, 6.07) is 0. The third kappa shape index (κ3) is 4.21. The summed E-state index contributed by atoms with van der Waals surface area (Å²) in [6.07, 6.45) is 3.56. The van der Waals surface area contributed by atoms with Crippen molar-refractivity contribution in [3.8, 4) is 0 Å². The van der Waals surface area contributed by atoms with Crippen LogP contribution < -0.4 is 0 Å². The van der Waals surface area contributed by atoms with Crippen molar-refractivity contribution in [3.05, 3.63) is 34.8 Å². The normalized spacial score (nSPS) is 29.8. The van der Waals surface area contributed by atoms with E-state index in [0.29, 0.717) is 24.8 Å². The molecule has 0 amide bonds. The number of rotatable bonds is 6. The van der Waals surface area contributed by atoms with Crippen molar-refractivity contribution in [2.45, 2.75) is 79.4 Å². The van der Waals surface area contributed by atoms with Crippen LogP contribution in [-0.4, -0.2) is 29.1 Å². The highest BCUT2D eigenvalue weighted by atomic mass is 16.6. The number of carboxylic acid groups (broad SMARTS) is 1. The summed E-state index contributed by atoms with van der Waals surface area (Å²) < 4.78 is 17.5. The average Bonchev–Trinajstić information content (AvgIpc) is 3.06. The first-order valence-electron chi connectivity index (χ1n) is 11.3. The summed E-state index contributed by atoms with van der Waals surface area (Å²) in [7, 11) is 0. The Morgan fingerprint density at radius 3 is 2.56 bits per heavy atom. The summed E-state index contributed by atoms with van der Waals surface area (Å²) in [6.45, 7) is 11.0. The molecule has 0 unspecified atom stereocenters. The van der Waals surface area contributed by atoms with Crippen molar-refractivity contribution in [2.24, 2.45) is 23.2 Å². The largest absolute Gasteiger partial charge is 0.481 e. The van der Waals surface area contributed by atoms with Gasteiger partial charge in [0.15, 0.2) is 0 Å². The molecule has 2 aliphatic carbocycles. The zero-order chi connectivity index (χ0) is 23.8. The molecule has 2 aliphatic rings. The first kappa shape index (κ1) is 24.1. The van der Waals surface area contributed by atoms with E-state index < -0.39 is 35.5 Å². The molecule has 0 radical (unpaired) electrons. The maximum Gasteiger partial charge on any atom is 0.333 e. The molecular formula is C25H34O7. The quantitative estimate of drug-likeness (QED) is 0.496. The monoisotopic (exact) mass is 446 g/mol. The molecule has 7 nitrogen and oxygen atoms in total. The van der Waals surface area contributed by atoms with Crippen molar-refractivity contribution in [1.82, 2.24) is 0 Å². The summed E-state index contributed by atoms with van der Waals surface area (Å²) in [4.78, 5) is 37.9. The summed E-state index contributed by atoms with van der Waals surface area (Å²) >= 11 is 0. The number of carbonyl (C=O) groups excluding carboxylic acids is 2. The van der Waals surface area contributed by atoms with Crippen molar-refractivity contribution >= 4 is 17.9 Å². The molecular weight excluding hydrogens is 412 g/mol. The Labute approximate surface area is 189 Å². The van der Waals surface area contributed by atoms with Crippen LogP contribution in [0.25, 0.3) is 0 Å². The zero-order valence-electron chi connectivity index (χ0n) is 19.8. The number of aliphatic carboxylic acids is 1. The molecule has 1 N–H and O–H groups in total.